The zero-order chi connectivity index (χ0) is 14.8. The molecule has 0 spiro atoms. The second kappa shape index (κ2) is 5.93. The van der Waals surface area contributed by atoms with Crippen molar-refractivity contribution in [3.63, 3.8) is 0 Å². The van der Waals surface area contributed by atoms with Crippen LogP contribution in [0.15, 0.2) is 30.3 Å². The van der Waals surface area contributed by atoms with Crippen LogP contribution in [0.5, 0.6) is 0 Å². The van der Waals surface area contributed by atoms with E-state index >= 15 is 0 Å². The average molecular weight is 297 g/mol. The normalized spacial score (nSPS) is 27.0. The summed E-state index contributed by atoms with van der Waals surface area (Å²) in [5.74, 6) is -0.382. The van der Waals surface area contributed by atoms with Gasteiger partial charge in [0.05, 0.1) is 6.04 Å². The second-order valence-corrected chi connectivity index (χ2v) is 6.86. The van der Waals surface area contributed by atoms with Gasteiger partial charge in [-0.3, -0.25) is 9.35 Å². The molecule has 20 heavy (non-hydrogen) atoms. The third-order valence-corrected chi connectivity index (χ3v) is 5.11. The Labute approximate surface area is 119 Å². The molecule has 1 fully saturated rings. The maximum absolute atomic E-state index is 11.6. The Bertz CT molecular complexity index is 570. The van der Waals surface area contributed by atoms with Crippen LogP contribution in [0.4, 0.5) is 0 Å². The van der Waals surface area contributed by atoms with Gasteiger partial charge in [0.1, 0.15) is 5.25 Å². The van der Waals surface area contributed by atoms with Gasteiger partial charge in [-0.25, -0.2) is 0 Å². The van der Waals surface area contributed by atoms with Crippen molar-refractivity contribution >= 4 is 16.0 Å². The van der Waals surface area contributed by atoms with Crippen LogP contribution in [0, 0.1) is 0 Å². The number of carbonyl (C=O) groups excluding carboxylic acids is 1. The van der Waals surface area contributed by atoms with Gasteiger partial charge in [0, 0.05) is 12.8 Å². The average Bonchev–Trinajstić information content (AvgIpc) is 2.38. The summed E-state index contributed by atoms with van der Waals surface area (Å²) in [6.07, 6.45) is 1.87. The van der Waals surface area contributed by atoms with Gasteiger partial charge in [0.25, 0.3) is 10.1 Å². The number of nitrogens with one attached hydrogen (secondary N) is 1. The molecule has 0 bridgehead atoms. The van der Waals surface area contributed by atoms with Crippen molar-refractivity contribution in [2.75, 3.05) is 0 Å². The van der Waals surface area contributed by atoms with Crippen molar-refractivity contribution in [2.45, 2.75) is 43.4 Å². The highest BCUT2D eigenvalue weighted by atomic mass is 32.2. The summed E-state index contributed by atoms with van der Waals surface area (Å²) >= 11 is 0. The fourth-order valence-electron chi connectivity index (χ4n) is 2.99. The van der Waals surface area contributed by atoms with Crippen molar-refractivity contribution < 1.29 is 17.8 Å². The van der Waals surface area contributed by atoms with Crippen LogP contribution in [0.3, 0.4) is 0 Å². The number of carbonyl (C=O) groups is 1. The van der Waals surface area contributed by atoms with E-state index in [0.717, 1.165) is 12.0 Å². The molecule has 0 aromatic heterocycles. The SMILES string of the molecule is CC(=O)NC1C(c2ccccc2)CCCC1S(=O)(=O)O. The zero-order valence-electron chi connectivity index (χ0n) is 11.3. The van der Waals surface area contributed by atoms with Crippen LogP contribution < -0.4 is 5.32 Å². The number of benzene rings is 1. The molecule has 1 aromatic rings. The minimum Gasteiger partial charge on any atom is -0.352 e. The minimum absolute atomic E-state index is 0.0965. The van der Waals surface area contributed by atoms with Crippen LogP contribution in [0.1, 0.15) is 37.7 Å². The van der Waals surface area contributed by atoms with E-state index in [1.165, 1.54) is 6.92 Å². The van der Waals surface area contributed by atoms with E-state index < -0.39 is 21.4 Å². The molecule has 3 unspecified atom stereocenters. The van der Waals surface area contributed by atoms with Crippen LogP contribution in [-0.4, -0.2) is 30.2 Å². The third-order valence-electron chi connectivity index (χ3n) is 3.82. The largest absolute Gasteiger partial charge is 0.352 e. The molecule has 3 atom stereocenters. The predicted octanol–water partition coefficient (Wildman–Crippen LogP) is 1.72. The highest BCUT2D eigenvalue weighted by molar-refractivity contribution is 7.86. The van der Waals surface area contributed by atoms with Crippen molar-refractivity contribution in [2.24, 2.45) is 0 Å². The molecule has 1 aliphatic carbocycles. The van der Waals surface area contributed by atoms with E-state index in [-0.39, 0.29) is 11.8 Å². The second-order valence-electron chi connectivity index (χ2n) is 5.23. The number of rotatable bonds is 3. The summed E-state index contributed by atoms with van der Waals surface area (Å²) in [5, 5.41) is 1.77. The molecule has 2 rings (SSSR count). The topological polar surface area (TPSA) is 83.5 Å². The van der Waals surface area contributed by atoms with Crippen LogP contribution >= 0.6 is 0 Å². The lowest BCUT2D eigenvalue weighted by Gasteiger charge is -2.37. The van der Waals surface area contributed by atoms with Crippen molar-refractivity contribution in [3.05, 3.63) is 35.9 Å². The molecule has 110 valence electrons. The van der Waals surface area contributed by atoms with Gasteiger partial charge in [0.15, 0.2) is 0 Å². The first-order chi connectivity index (χ1) is 9.39. The monoisotopic (exact) mass is 297 g/mol. The molecule has 5 nitrogen and oxygen atoms in total. The van der Waals surface area contributed by atoms with Gasteiger partial charge < -0.3 is 5.32 Å². The molecule has 0 aliphatic heterocycles. The van der Waals surface area contributed by atoms with E-state index in [0.29, 0.717) is 12.8 Å². The van der Waals surface area contributed by atoms with Crippen LogP contribution in [0.2, 0.25) is 0 Å². The van der Waals surface area contributed by atoms with Gasteiger partial charge in [-0.1, -0.05) is 36.8 Å². The maximum Gasteiger partial charge on any atom is 0.269 e. The van der Waals surface area contributed by atoms with E-state index in [4.69, 9.17) is 0 Å². The standard InChI is InChI=1S/C14H19NO4S/c1-10(16)15-14-12(11-6-3-2-4-7-11)8-5-9-13(14)20(17,18)19/h2-4,6-7,12-14H,5,8-9H2,1H3,(H,15,16)(H,17,18,19). The number of hydrogen-bond donors (Lipinski definition) is 2. The van der Waals surface area contributed by atoms with Crippen molar-refractivity contribution in [1.82, 2.24) is 5.32 Å². The van der Waals surface area contributed by atoms with E-state index in [1.807, 2.05) is 30.3 Å². The first kappa shape index (κ1) is 15.0. The molecule has 1 amide bonds. The Morgan fingerprint density at radius 3 is 2.45 bits per heavy atom. The van der Waals surface area contributed by atoms with Crippen LogP contribution in [0.25, 0.3) is 0 Å². The molecule has 0 heterocycles. The van der Waals surface area contributed by atoms with E-state index in [1.54, 1.807) is 0 Å². The van der Waals surface area contributed by atoms with Gasteiger partial charge in [-0.2, -0.15) is 8.42 Å². The Kier molecular flexibility index (Phi) is 4.45. The zero-order valence-corrected chi connectivity index (χ0v) is 12.1. The Morgan fingerprint density at radius 1 is 1.25 bits per heavy atom. The van der Waals surface area contributed by atoms with Gasteiger partial charge in [-0.15, -0.1) is 0 Å². The first-order valence-electron chi connectivity index (χ1n) is 6.68. The molecule has 6 heteroatoms. The lowest BCUT2D eigenvalue weighted by Crippen LogP contribution is -2.51. The van der Waals surface area contributed by atoms with E-state index in [2.05, 4.69) is 5.32 Å². The van der Waals surface area contributed by atoms with Crippen LogP contribution in [-0.2, 0) is 14.9 Å². The Hall–Kier alpha value is -1.40. The van der Waals surface area contributed by atoms with Gasteiger partial charge >= 0.3 is 0 Å². The summed E-state index contributed by atoms with van der Waals surface area (Å²) < 4.78 is 32.5. The summed E-state index contributed by atoms with van der Waals surface area (Å²) in [7, 11) is -4.18. The smallest absolute Gasteiger partial charge is 0.269 e. The molecule has 1 saturated carbocycles. The van der Waals surface area contributed by atoms with Gasteiger partial charge in [0.2, 0.25) is 5.91 Å². The summed E-state index contributed by atoms with van der Waals surface area (Å²) in [6, 6.07) is 8.92. The van der Waals surface area contributed by atoms with E-state index in [9.17, 15) is 17.8 Å². The fourth-order valence-corrected chi connectivity index (χ4v) is 4.09. The lowest BCUT2D eigenvalue weighted by molar-refractivity contribution is -0.119. The fraction of sp³-hybridized carbons (Fsp3) is 0.500. The summed E-state index contributed by atoms with van der Waals surface area (Å²) in [6.45, 7) is 1.36. The highest BCUT2D eigenvalue weighted by Crippen LogP contribution is 2.35. The first-order valence-corrected chi connectivity index (χ1v) is 8.18. The van der Waals surface area contributed by atoms with Crippen molar-refractivity contribution in [1.29, 1.82) is 0 Å². The highest BCUT2D eigenvalue weighted by Gasteiger charge is 2.41. The number of amides is 1. The molecule has 1 aromatic carbocycles. The van der Waals surface area contributed by atoms with Gasteiger partial charge in [-0.05, 0) is 18.4 Å². The molecule has 0 radical (unpaired) electrons. The summed E-state index contributed by atoms with van der Waals surface area (Å²) in [5.41, 5.74) is 0.986. The predicted molar refractivity (Wildman–Crippen MR) is 76.0 cm³/mol. The number of hydrogen-bond acceptors (Lipinski definition) is 3. The summed E-state index contributed by atoms with van der Waals surface area (Å²) in [4.78, 5) is 11.4. The molecular weight excluding hydrogens is 278 g/mol. The molecule has 0 saturated heterocycles. The molecule has 2 N–H and O–H groups in total. The molecular formula is C14H19NO4S. The Balaban J connectivity index is 2.36. The Morgan fingerprint density at radius 2 is 1.90 bits per heavy atom. The maximum atomic E-state index is 11.6. The minimum atomic E-state index is -4.18. The lowest BCUT2D eigenvalue weighted by atomic mass is 9.79. The molecule has 1 aliphatic rings. The third kappa shape index (κ3) is 3.37. The van der Waals surface area contributed by atoms with Crippen molar-refractivity contribution in [3.8, 4) is 0 Å². The quantitative estimate of drug-likeness (QED) is 0.832.